The lowest BCUT2D eigenvalue weighted by atomic mass is 10.0. The number of anilines is 3. The fourth-order valence-electron chi connectivity index (χ4n) is 4.45. The smallest absolute Gasteiger partial charge is 0.319 e. The lowest BCUT2D eigenvalue weighted by molar-refractivity contribution is 0.0984. The quantitative estimate of drug-likeness (QED) is 0.534. The van der Waals surface area contributed by atoms with Crippen LogP contribution in [-0.4, -0.2) is 69.8 Å². The van der Waals surface area contributed by atoms with Crippen LogP contribution in [0.1, 0.15) is 25.1 Å². The summed E-state index contributed by atoms with van der Waals surface area (Å²) in [6, 6.07) is 7.50. The first kappa shape index (κ1) is 24.1. The molecule has 3 aromatic rings. The van der Waals surface area contributed by atoms with E-state index in [1.54, 1.807) is 0 Å². The number of rotatable bonds is 5. The van der Waals surface area contributed by atoms with Gasteiger partial charge in [0.2, 0.25) is 11.2 Å². The molecule has 11 nitrogen and oxygen atoms in total. The summed E-state index contributed by atoms with van der Waals surface area (Å²) < 4.78 is 5.67. The first-order valence-electron chi connectivity index (χ1n) is 12.0. The minimum absolute atomic E-state index is 0.165. The van der Waals surface area contributed by atoms with E-state index in [2.05, 4.69) is 42.3 Å². The molecule has 5 rings (SSSR count). The van der Waals surface area contributed by atoms with E-state index >= 15 is 0 Å². The van der Waals surface area contributed by atoms with Gasteiger partial charge in [-0.15, -0.1) is 0 Å². The number of aromatic nitrogens is 5. The lowest BCUT2D eigenvalue weighted by Crippen LogP contribution is -2.45. The summed E-state index contributed by atoms with van der Waals surface area (Å²) in [5.41, 5.74) is 3.63. The number of carbonyl (C=O) groups excluding carboxylic acids is 1. The van der Waals surface area contributed by atoms with E-state index in [1.165, 1.54) is 6.33 Å². The molecule has 1 saturated heterocycles. The predicted molar refractivity (Wildman–Crippen MR) is 137 cm³/mol. The van der Waals surface area contributed by atoms with Crippen LogP contribution in [0.4, 0.5) is 22.2 Å². The Bertz CT molecular complexity index is 1240. The molecule has 0 unspecified atom stereocenters. The van der Waals surface area contributed by atoms with Crippen LogP contribution in [0.3, 0.4) is 0 Å². The van der Waals surface area contributed by atoms with E-state index in [0.29, 0.717) is 43.8 Å². The second kappa shape index (κ2) is 10.6. The molecule has 0 saturated carbocycles. The van der Waals surface area contributed by atoms with Gasteiger partial charge in [-0.1, -0.05) is 0 Å². The molecule has 2 aliphatic heterocycles. The Morgan fingerprint density at radius 1 is 1.17 bits per heavy atom. The number of hydrogen-bond acceptors (Lipinski definition) is 9. The maximum absolute atomic E-state index is 11.9. The SMILES string of the molecule is CCNC(=O)Nc1ccc(-c2nc3c(c(N4CCOC[C@@H]4C)n2)CCN(c2ncnc(Cl)n2)C3)cc1. The number of nitrogens with one attached hydrogen (secondary N) is 2. The fraction of sp³-hybridized carbons (Fsp3) is 0.417. The third-order valence-electron chi connectivity index (χ3n) is 6.23. The zero-order valence-corrected chi connectivity index (χ0v) is 21.0. The standard InChI is InChI=1S/C24H28ClN9O2/c1-3-26-24(35)29-17-6-4-16(5-7-17)20-30-19-12-33(23-28-14-27-22(25)32-23)9-8-18(19)21(31-20)34-10-11-36-13-15(34)2/h4-7,14-15H,3,8-13H2,1-2H3,(H2,26,29,35)/t15-/m0/s1. The number of carbonyl (C=O) groups is 1. The molecular formula is C24H28ClN9O2. The van der Waals surface area contributed by atoms with Crippen molar-refractivity contribution in [3.63, 3.8) is 0 Å². The van der Waals surface area contributed by atoms with E-state index in [4.69, 9.17) is 26.3 Å². The highest BCUT2D eigenvalue weighted by Gasteiger charge is 2.29. The molecule has 188 valence electrons. The first-order valence-corrected chi connectivity index (χ1v) is 12.4. The van der Waals surface area contributed by atoms with Crippen LogP contribution in [-0.2, 0) is 17.7 Å². The summed E-state index contributed by atoms with van der Waals surface area (Å²) in [5.74, 6) is 2.11. The maximum Gasteiger partial charge on any atom is 0.319 e. The van der Waals surface area contributed by atoms with Crippen LogP contribution in [0.15, 0.2) is 30.6 Å². The summed E-state index contributed by atoms with van der Waals surface area (Å²) in [6.45, 7) is 7.93. The molecule has 12 heteroatoms. The summed E-state index contributed by atoms with van der Waals surface area (Å²) in [7, 11) is 0. The zero-order valence-electron chi connectivity index (χ0n) is 20.2. The van der Waals surface area contributed by atoms with E-state index in [-0.39, 0.29) is 17.4 Å². The van der Waals surface area contributed by atoms with Gasteiger partial charge in [0.05, 0.1) is 31.5 Å². The minimum Gasteiger partial charge on any atom is -0.377 e. The van der Waals surface area contributed by atoms with Gasteiger partial charge in [0.25, 0.3) is 0 Å². The summed E-state index contributed by atoms with van der Waals surface area (Å²) in [5, 5.41) is 5.71. The molecule has 1 atom stereocenters. The number of ether oxygens (including phenoxy) is 1. The van der Waals surface area contributed by atoms with Gasteiger partial charge in [0, 0.05) is 36.4 Å². The van der Waals surface area contributed by atoms with Gasteiger partial charge in [-0.3, -0.25) is 0 Å². The lowest BCUT2D eigenvalue weighted by Gasteiger charge is -2.37. The van der Waals surface area contributed by atoms with Crippen molar-refractivity contribution in [3.8, 4) is 11.4 Å². The van der Waals surface area contributed by atoms with E-state index in [0.717, 1.165) is 42.1 Å². The number of urea groups is 1. The van der Waals surface area contributed by atoms with E-state index < -0.39 is 0 Å². The van der Waals surface area contributed by atoms with E-state index in [9.17, 15) is 4.79 Å². The third kappa shape index (κ3) is 5.17. The van der Waals surface area contributed by atoms with Crippen molar-refractivity contribution in [2.75, 3.05) is 48.0 Å². The fourth-order valence-corrected chi connectivity index (χ4v) is 4.57. The van der Waals surface area contributed by atoms with Gasteiger partial charge in [-0.2, -0.15) is 4.98 Å². The first-order chi connectivity index (χ1) is 17.5. The molecule has 4 heterocycles. The van der Waals surface area contributed by atoms with Crippen molar-refractivity contribution in [2.24, 2.45) is 0 Å². The van der Waals surface area contributed by atoms with Crippen molar-refractivity contribution in [1.82, 2.24) is 30.2 Å². The van der Waals surface area contributed by atoms with Crippen LogP contribution in [0.25, 0.3) is 11.4 Å². The molecular weight excluding hydrogens is 482 g/mol. The Kier molecular flexibility index (Phi) is 7.10. The zero-order chi connectivity index (χ0) is 25.1. The van der Waals surface area contributed by atoms with Crippen molar-refractivity contribution < 1.29 is 9.53 Å². The second-order valence-corrected chi connectivity index (χ2v) is 9.04. The minimum atomic E-state index is -0.239. The molecule has 0 spiro atoms. The van der Waals surface area contributed by atoms with Gasteiger partial charge < -0.3 is 25.2 Å². The number of hydrogen-bond donors (Lipinski definition) is 2. The molecule has 0 bridgehead atoms. The van der Waals surface area contributed by atoms with Crippen LogP contribution in [0.5, 0.6) is 0 Å². The molecule has 2 aliphatic rings. The molecule has 2 aromatic heterocycles. The predicted octanol–water partition coefficient (Wildman–Crippen LogP) is 2.91. The van der Waals surface area contributed by atoms with Gasteiger partial charge in [0.1, 0.15) is 12.1 Å². The van der Waals surface area contributed by atoms with Gasteiger partial charge in [-0.25, -0.2) is 24.7 Å². The Balaban J connectivity index is 1.50. The summed E-state index contributed by atoms with van der Waals surface area (Å²) in [4.78, 5) is 38.7. The highest BCUT2D eigenvalue weighted by Crippen LogP contribution is 2.32. The molecule has 1 aromatic carbocycles. The number of halogens is 1. The number of amides is 2. The Hall–Kier alpha value is -3.57. The highest BCUT2D eigenvalue weighted by molar-refractivity contribution is 6.28. The van der Waals surface area contributed by atoms with Gasteiger partial charge in [0.15, 0.2) is 5.82 Å². The summed E-state index contributed by atoms with van der Waals surface area (Å²) in [6.07, 6.45) is 2.18. The molecule has 1 fully saturated rings. The molecule has 0 radical (unpaired) electrons. The Morgan fingerprint density at radius 3 is 2.75 bits per heavy atom. The average molecular weight is 510 g/mol. The van der Waals surface area contributed by atoms with Gasteiger partial charge in [-0.05, 0) is 56.1 Å². The van der Waals surface area contributed by atoms with Crippen molar-refractivity contribution in [1.29, 1.82) is 0 Å². The van der Waals surface area contributed by atoms with Crippen molar-refractivity contribution in [2.45, 2.75) is 32.9 Å². The van der Waals surface area contributed by atoms with Crippen LogP contribution < -0.4 is 20.4 Å². The second-order valence-electron chi connectivity index (χ2n) is 8.70. The molecule has 2 amide bonds. The molecule has 0 aliphatic carbocycles. The van der Waals surface area contributed by atoms with E-state index in [1.807, 2.05) is 31.2 Å². The normalized spacial score (nSPS) is 17.5. The number of morpholine rings is 1. The largest absolute Gasteiger partial charge is 0.377 e. The highest BCUT2D eigenvalue weighted by atomic mass is 35.5. The van der Waals surface area contributed by atoms with Crippen molar-refractivity contribution in [3.05, 3.63) is 47.1 Å². The third-order valence-corrected chi connectivity index (χ3v) is 6.42. The summed E-state index contributed by atoms with van der Waals surface area (Å²) >= 11 is 6.01. The van der Waals surface area contributed by atoms with Crippen LogP contribution in [0.2, 0.25) is 5.28 Å². The maximum atomic E-state index is 11.9. The monoisotopic (exact) mass is 509 g/mol. The number of fused-ring (bicyclic) bond motifs is 1. The topological polar surface area (TPSA) is 121 Å². The Labute approximate surface area is 214 Å². The van der Waals surface area contributed by atoms with Crippen LogP contribution >= 0.6 is 11.6 Å². The average Bonchev–Trinajstić information content (AvgIpc) is 2.88. The van der Waals surface area contributed by atoms with Crippen molar-refractivity contribution >= 4 is 35.1 Å². The number of benzene rings is 1. The Morgan fingerprint density at radius 2 is 2.00 bits per heavy atom. The molecule has 2 N–H and O–H groups in total. The van der Waals surface area contributed by atoms with Crippen LogP contribution in [0, 0.1) is 0 Å². The molecule has 36 heavy (non-hydrogen) atoms. The van der Waals surface area contributed by atoms with Gasteiger partial charge >= 0.3 is 6.03 Å². The number of nitrogens with zero attached hydrogens (tertiary/aromatic N) is 7.